The third-order valence-corrected chi connectivity index (χ3v) is 4.81. The third-order valence-electron chi connectivity index (χ3n) is 4.81. The van der Waals surface area contributed by atoms with Gasteiger partial charge in [0.1, 0.15) is 37.5 Å². The Balaban J connectivity index is 1.58. The quantitative estimate of drug-likeness (QED) is 0.337. The predicted molar refractivity (Wildman–Crippen MR) is 123 cm³/mol. The number of nitriles is 1. The summed E-state index contributed by atoms with van der Waals surface area (Å²) in [5.41, 5.74) is 3.17. The van der Waals surface area contributed by atoms with Gasteiger partial charge in [0.25, 0.3) is 0 Å². The maximum Gasteiger partial charge on any atom is 0.305 e. The molecule has 7 nitrogen and oxygen atoms in total. The summed E-state index contributed by atoms with van der Waals surface area (Å²) in [5, 5.41) is 22.2. The molecule has 33 heavy (non-hydrogen) atoms. The number of hydrogen-bond acceptors (Lipinski definition) is 6. The summed E-state index contributed by atoms with van der Waals surface area (Å²) in [6, 6.07) is 26.2. The van der Waals surface area contributed by atoms with Crippen LogP contribution in [0.1, 0.15) is 29.0 Å². The molecule has 168 valence electrons. The van der Waals surface area contributed by atoms with Gasteiger partial charge in [-0.05, 0) is 35.4 Å². The maximum absolute atomic E-state index is 10.9. The second-order valence-electron chi connectivity index (χ2n) is 7.16. The lowest BCUT2D eigenvalue weighted by atomic mass is 9.97. The van der Waals surface area contributed by atoms with E-state index < -0.39 is 11.9 Å². The van der Waals surface area contributed by atoms with E-state index in [4.69, 9.17) is 19.4 Å². The number of carboxylic acids is 1. The molecule has 1 N–H and O–H groups in total. The van der Waals surface area contributed by atoms with Crippen molar-refractivity contribution < 1.29 is 24.2 Å². The zero-order valence-electron chi connectivity index (χ0n) is 18.2. The Bertz CT molecular complexity index is 1120. The van der Waals surface area contributed by atoms with Gasteiger partial charge in [0.05, 0.1) is 18.4 Å². The van der Waals surface area contributed by atoms with Gasteiger partial charge in [-0.25, -0.2) is 0 Å². The molecule has 0 saturated carbocycles. The van der Waals surface area contributed by atoms with E-state index in [2.05, 4.69) is 5.16 Å². The van der Waals surface area contributed by atoms with Crippen molar-refractivity contribution in [2.24, 2.45) is 5.16 Å². The smallest absolute Gasteiger partial charge is 0.305 e. The van der Waals surface area contributed by atoms with E-state index in [1.165, 1.54) is 7.11 Å². The molecular formula is C26H24N2O5. The summed E-state index contributed by atoms with van der Waals surface area (Å²) in [4.78, 5) is 15.8. The molecular weight excluding hydrogens is 420 g/mol. The average molecular weight is 444 g/mol. The molecule has 3 aromatic rings. The predicted octanol–water partition coefficient (Wildman–Crippen LogP) is 4.78. The molecule has 0 aliphatic carbocycles. The highest BCUT2D eigenvalue weighted by Crippen LogP contribution is 2.23. The van der Waals surface area contributed by atoms with Crippen LogP contribution in [0, 0.1) is 11.3 Å². The van der Waals surface area contributed by atoms with Crippen LogP contribution >= 0.6 is 0 Å². The number of rotatable bonds is 11. The Morgan fingerprint density at radius 1 is 1.00 bits per heavy atom. The number of oxime groups is 1. The summed E-state index contributed by atoms with van der Waals surface area (Å²) >= 11 is 0. The van der Waals surface area contributed by atoms with Gasteiger partial charge in [-0.1, -0.05) is 59.8 Å². The first-order valence-corrected chi connectivity index (χ1v) is 10.3. The van der Waals surface area contributed by atoms with Gasteiger partial charge in [-0.2, -0.15) is 5.26 Å². The molecule has 0 radical (unpaired) electrons. The molecule has 0 aliphatic rings. The van der Waals surface area contributed by atoms with Crippen molar-refractivity contribution in [1.82, 2.24) is 0 Å². The topological polar surface area (TPSA) is 101 Å². The monoisotopic (exact) mass is 444 g/mol. The van der Waals surface area contributed by atoms with Crippen molar-refractivity contribution in [3.8, 4) is 17.6 Å². The SMILES string of the molecule is CON=C(COc1cccc(COc2ccc(C(C#N)CC(=O)O)cc2)c1)c1ccccc1. The Kier molecular flexibility index (Phi) is 8.43. The zero-order valence-corrected chi connectivity index (χ0v) is 18.2. The first kappa shape index (κ1) is 23.4. The molecule has 0 saturated heterocycles. The fourth-order valence-electron chi connectivity index (χ4n) is 3.16. The second kappa shape index (κ2) is 11.9. The minimum absolute atomic E-state index is 0.232. The summed E-state index contributed by atoms with van der Waals surface area (Å²) in [6.07, 6.45) is -0.232. The zero-order chi connectivity index (χ0) is 23.5. The fourth-order valence-corrected chi connectivity index (χ4v) is 3.16. The van der Waals surface area contributed by atoms with Gasteiger partial charge in [0.2, 0.25) is 0 Å². The highest BCUT2D eigenvalue weighted by molar-refractivity contribution is 6.01. The van der Waals surface area contributed by atoms with Crippen molar-refractivity contribution in [2.75, 3.05) is 13.7 Å². The van der Waals surface area contributed by atoms with Crippen LogP contribution in [0.2, 0.25) is 0 Å². The first-order valence-electron chi connectivity index (χ1n) is 10.3. The number of aliphatic carboxylic acids is 1. The van der Waals surface area contributed by atoms with Gasteiger partial charge in [-0.3, -0.25) is 4.79 Å². The molecule has 0 aliphatic heterocycles. The third kappa shape index (κ3) is 7.11. The minimum Gasteiger partial charge on any atom is -0.489 e. The summed E-state index contributed by atoms with van der Waals surface area (Å²) in [5.74, 6) is -0.395. The van der Waals surface area contributed by atoms with E-state index >= 15 is 0 Å². The van der Waals surface area contributed by atoms with E-state index in [1.807, 2.05) is 60.7 Å². The van der Waals surface area contributed by atoms with Crippen LogP contribution in [0.4, 0.5) is 0 Å². The molecule has 1 atom stereocenters. The maximum atomic E-state index is 10.9. The standard InChI is InChI=1S/C26H24N2O5/c1-31-28-25(21-7-3-2-4-8-21)18-33-24-9-5-6-19(14-24)17-32-23-12-10-20(11-13-23)22(16-27)15-26(29)30/h2-14,22H,15,17-18H2,1H3,(H,29,30). The summed E-state index contributed by atoms with van der Waals surface area (Å²) in [6.45, 7) is 0.574. The van der Waals surface area contributed by atoms with Crippen molar-refractivity contribution in [3.63, 3.8) is 0 Å². The molecule has 0 fully saturated rings. The Labute approximate surface area is 192 Å². The van der Waals surface area contributed by atoms with Crippen LogP contribution < -0.4 is 9.47 Å². The lowest BCUT2D eigenvalue weighted by Crippen LogP contribution is -2.13. The number of carboxylic acid groups (broad SMARTS) is 1. The molecule has 3 aromatic carbocycles. The number of hydrogen-bond donors (Lipinski definition) is 1. The second-order valence-corrected chi connectivity index (χ2v) is 7.16. The summed E-state index contributed by atoms with van der Waals surface area (Å²) < 4.78 is 11.7. The molecule has 7 heteroatoms. The average Bonchev–Trinajstić information content (AvgIpc) is 2.85. The van der Waals surface area contributed by atoms with Crippen molar-refractivity contribution in [3.05, 3.63) is 95.6 Å². The Hall–Kier alpha value is -4.31. The lowest BCUT2D eigenvalue weighted by Gasteiger charge is -2.12. The highest BCUT2D eigenvalue weighted by atomic mass is 16.6. The van der Waals surface area contributed by atoms with Crippen LogP contribution in [0.5, 0.6) is 11.5 Å². The van der Waals surface area contributed by atoms with Crippen molar-refractivity contribution in [2.45, 2.75) is 18.9 Å². The molecule has 0 bridgehead atoms. The van der Waals surface area contributed by atoms with E-state index in [1.54, 1.807) is 24.3 Å². The van der Waals surface area contributed by atoms with Crippen molar-refractivity contribution in [1.29, 1.82) is 5.26 Å². The van der Waals surface area contributed by atoms with Crippen LogP contribution in [0.3, 0.4) is 0 Å². The van der Waals surface area contributed by atoms with Gasteiger partial charge >= 0.3 is 5.97 Å². The van der Waals surface area contributed by atoms with Gasteiger partial charge in [0, 0.05) is 5.56 Å². The molecule has 3 rings (SSSR count). The minimum atomic E-state index is -1.01. The Morgan fingerprint density at radius 3 is 2.42 bits per heavy atom. The number of carbonyl (C=O) groups is 1. The van der Waals surface area contributed by atoms with Crippen LogP contribution in [0.25, 0.3) is 0 Å². The van der Waals surface area contributed by atoms with Gasteiger partial charge < -0.3 is 19.4 Å². The molecule has 0 heterocycles. The van der Waals surface area contributed by atoms with E-state index in [9.17, 15) is 10.1 Å². The van der Waals surface area contributed by atoms with Gasteiger partial charge in [0.15, 0.2) is 0 Å². The normalized spacial score (nSPS) is 11.8. The highest BCUT2D eigenvalue weighted by Gasteiger charge is 2.14. The van der Waals surface area contributed by atoms with E-state index in [0.717, 1.165) is 11.1 Å². The molecule has 0 aromatic heterocycles. The number of ether oxygens (including phenoxy) is 2. The van der Waals surface area contributed by atoms with Gasteiger partial charge in [-0.15, -0.1) is 0 Å². The van der Waals surface area contributed by atoms with E-state index in [0.29, 0.717) is 29.4 Å². The lowest BCUT2D eigenvalue weighted by molar-refractivity contribution is -0.137. The van der Waals surface area contributed by atoms with Crippen LogP contribution in [0.15, 0.2) is 84.0 Å². The molecule has 0 amide bonds. The molecule has 1 unspecified atom stereocenters. The van der Waals surface area contributed by atoms with Crippen molar-refractivity contribution >= 4 is 11.7 Å². The largest absolute Gasteiger partial charge is 0.489 e. The van der Waals surface area contributed by atoms with Crippen LogP contribution in [-0.4, -0.2) is 30.5 Å². The first-order chi connectivity index (χ1) is 16.1. The number of benzene rings is 3. The molecule has 0 spiro atoms. The van der Waals surface area contributed by atoms with Crippen LogP contribution in [-0.2, 0) is 16.2 Å². The number of nitrogens with zero attached hydrogens (tertiary/aromatic N) is 2. The van der Waals surface area contributed by atoms with E-state index in [-0.39, 0.29) is 13.0 Å². The Morgan fingerprint density at radius 2 is 1.76 bits per heavy atom. The fraction of sp³-hybridized carbons (Fsp3) is 0.192. The summed E-state index contributed by atoms with van der Waals surface area (Å²) in [7, 11) is 1.50.